The number of rotatable bonds is 2. The Kier molecular flexibility index (Phi) is 3.04. The van der Waals surface area contributed by atoms with E-state index < -0.39 is 0 Å². The summed E-state index contributed by atoms with van der Waals surface area (Å²) in [5.41, 5.74) is 0.778. The van der Waals surface area contributed by atoms with Crippen molar-refractivity contribution in [2.75, 3.05) is 19.6 Å². The van der Waals surface area contributed by atoms with E-state index in [2.05, 4.69) is 6.92 Å². The van der Waals surface area contributed by atoms with Gasteiger partial charge in [0, 0.05) is 13.1 Å². The van der Waals surface area contributed by atoms with Crippen LogP contribution in [-0.2, 0) is 4.79 Å². The van der Waals surface area contributed by atoms with Crippen molar-refractivity contribution in [3.63, 3.8) is 0 Å². The molecule has 2 heterocycles. The zero-order chi connectivity index (χ0) is 14.3. The fourth-order valence-electron chi connectivity index (χ4n) is 2.78. The van der Waals surface area contributed by atoms with Crippen LogP contribution in [0.25, 0.3) is 0 Å². The Morgan fingerprint density at radius 1 is 1.20 bits per heavy atom. The van der Waals surface area contributed by atoms with E-state index in [1.165, 1.54) is 0 Å². The molecule has 1 aromatic rings. The normalized spacial score (nSPS) is 21.6. The van der Waals surface area contributed by atoms with Gasteiger partial charge in [-0.1, -0.05) is 19.1 Å². The molecule has 0 bridgehead atoms. The van der Waals surface area contributed by atoms with Gasteiger partial charge in [0.2, 0.25) is 5.91 Å². The number of fused-ring (bicyclic) bond motifs is 1. The topological polar surface area (TPSA) is 57.7 Å². The predicted molar refractivity (Wildman–Crippen MR) is 72.2 cm³/mol. The summed E-state index contributed by atoms with van der Waals surface area (Å²) in [6, 6.07) is 6.69. The molecule has 0 saturated carbocycles. The quantitative estimate of drug-likeness (QED) is 0.759. The largest absolute Gasteiger partial charge is 0.341 e. The van der Waals surface area contributed by atoms with Crippen molar-refractivity contribution in [2.45, 2.75) is 13.3 Å². The number of benzene rings is 1. The summed E-state index contributed by atoms with van der Waals surface area (Å²) in [7, 11) is 0. The lowest BCUT2D eigenvalue weighted by atomic mass is 10.1. The SMILES string of the molecule is CC1CCN(C(=O)CN2C(=O)c3ccccc3C2=O)C1. The average Bonchev–Trinajstić information content (AvgIpc) is 2.98. The van der Waals surface area contributed by atoms with Crippen molar-refractivity contribution in [3.05, 3.63) is 35.4 Å². The summed E-state index contributed by atoms with van der Waals surface area (Å²) in [4.78, 5) is 39.3. The van der Waals surface area contributed by atoms with Crippen molar-refractivity contribution < 1.29 is 14.4 Å². The molecule has 1 aromatic carbocycles. The molecule has 1 atom stereocenters. The number of likely N-dealkylation sites (tertiary alicyclic amines) is 1. The highest BCUT2D eigenvalue weighted by atomic mass is 16.2. The maximum absolute atomic E-state index is 12.2. The first-order chi connectivity index (χ1) is 9.58. The molecule has 20 heavy (non-hydrogen) atoms. The first kappa shape index (κ1) is 12.8. The summed E-state index contributed by atoms with van der Waals surface area (Å²) in [6.45, 7) is 3.36. The Labute approximate surface area is 117 Å². The Balaban J connectivity index is 1.75. The van der Waals surface area contributed by atoms with Gasteiger partial charge in [0.1, 0.15) is 6.54 Å². The smallest absolute Gasteiger partial charge is 0.262 e. The highest BCUT2D eigenvalue weighted by Crippen LogP contribution is 2.23. The van der Waals surface area contributed by atoms with Crippen LogP contribution in [0.1, 0.15) is 34.1 Å². The Hall–Kier alpha value is -2.17. The molecule has 1 saturated heterocycles. The molecule has 5 nitrogen and oxygen atoms in total. The van der Waals surface area contributed by atoms with E-state index in [4.69, 9.17) is 0 Å². The third-order valence-electron chi connectivity index (χ3n) is 3.95. The predicted octanol–water partition coefficient (Wildman–Crippen LogP) is 1.15. The molecule has 1 unspecified atom stereocenters. The van der Waals surface area contributed by atoms with E-state index in [9.17, 15) is 14.4 Å². The first-order valence-electron chi connectivity index (χ1n) is 6.81. The monoisotopic (exact) mass is 272 g/mol. The molecule has 0 N–H and O–H groups in total. The zero-order valence-electron chi connectivity index (χ0n) is 11.3. The van der Waals surface area contributed by atoms with Crippen LogP contribution < -0.4 is 0 Å². The van der Waals surface area contributed by atoms with Crippen LogP contribution >= 0.6 is 0 Å². The number of hydrogen-bond donors (Lipinski definition) is 0. The number of carbonyl (C=O) groups excluding carboxylic acids is 3. The van der Waals surface area contributed by atoms with E-state index in [-0.39, 0.29) is 24.3 Å². The summed E-state index contributed by atoms with van der Waals surface area (Å²) < 4.78 is 0. The van der Waals surface area contributed by atoms with Crippen LogP contribution in [-0.4, -0.2) is 47.2 Å². The molecule has 2 aliphatic rings. The molecular formula is C15H16N2O3. The van der Waals surface area contributed by atoms with E-state index in [1.54, 1.807) is 29.2 Å². The molecule has 5 heteroatoms. The van der Waals surface area contributed by atoms with E-state index >= 15 is 0 Å². The summed E-state index contributed by atoms with van der Waals surface area (Å²) in [5.74, 6) is -0.401. The van der Waals surface area contributed by atoms with Gasteiger partial charge in [0.25, 0.3) is 11.8 Å². The van der Waals surface area contributed by atoms with Gasteiger partial charge >= 0.3 is 0 Å². The molecule has 1 fully saturated rings. The van der Waals surface area contributed by atoms with Crippen molar-refractivity contribution in [1.82, 2.24) is 9.80 Å². The second-order valence-corrected chi connectivity index (χ2v) is 5.48. The van der Waals surface area contributed by atoms with E-state index in [0.717, 1.165) is 11.3 Å². The van der Waals surface area contributed by atoms with Crippen LogP contribution in [0.4, 0.5) is 0 Å². The number of hydrogen-bond acceptors (Lipinski definition) is 3. The van der Waals surface area contributed by atoms with Crippen molar-refractivity contribution in [2.24, 2.45) is 5.92 Å². The van der Waals surface area contributed by atoms with Crippen LogP contribution in [0.5, 0.6) is 0 Å². The third kappa shape index (κ3) is 1.99. The minimum Gasteiger partial charge on any atom is -0.341 e. The lowest BCUT2D eigenvalue weighted by molar-refractivity contribution is -0.130. The summed E-state index contributed by atoms with van der Waals surface area (Å²) in [6.07, 6.45) is 0.980. The van der Waals surface area contributed by atoms with Crippen LogP contribution in [0, 0.1) is 5.92 Å². The molecule has 2 aliphatic heterocycles. The van der Waals surface area contributed by atoms with Gasteiger partial charge < -0.3 is 4.90 Å². The number of amides is 3. The minimum atomic E-state index is -0.369. The van der Waals surface area contributed by atoms with Crippen molar-refractivity contribution in [3.8, 4) is 0 Å². The van der Waals surface area contributed by atoms with Crippen LogP contribution in [0.2, 0.25) is 0 Å². The molecule has 3 amide bonds. The zero-order valence-corrected chi connectivity index (χ0v) is 11.3. The van der Waals surface area contributed by atoms with Crippen LogP contribution in [0.15, 0.2) is 24.3 Å². The Bertz CT molecular complexity index is 562. The fourth-order valence-corrected chi connectivity index (χ4v) is 2.78. The highest BCUT2D eigenvalue weighted by molar-refractivity contribution is 6.22. The average molecular weight is 272 g/mol. The van der Waals surface area contributed by atoms with Gasteiger partial charge in [-0.2, -0.15) is 0 Å². The van der Waals surface area contributed by atoms with Gasteiger partial charge in [-0.05, 0) is 24.5 Å². The van der Waals surface area contributed by atoms with Gasteiger partial charge in [0.05, 0.1) is 11.1 Å². The van der Waals surface area contributed by atoms with Gasteiger partial charge in [-0.3, -0.25) is 19.3 Å². The Morgan fingerprint density at radius 2 is 1.80 bits per heavy atom. The molecule has 3 rings (SSSR count). The van der Waals surface area contributed by atoms with E-state index in [1.807, 2.05) is 0 Å². The Morgan fingerprint density at radius 3 is 2.30 bits per heavy atom. The molecule has 0 spiro atoms. The third-order valence-corrected chi connectivity index (χ3v) is 3.95. The standard InChI is InChI=1S/C15H16N2O3/c1-10-6-7-16(8-10)13(18)9-17-14(19)11-4-2-3-5-12(11)15(17)20/h2-5,10H,6-9H2,1H3. The molecule has 0 radical (unpaired) electrons. The lowest BCUT2D eigenvalue weighted by Gasteiger charge is -2.19. The second-order valence-electron chi connectivity index (χ2n) is 5.48. The summed E-state index contributed by atoms with van der Waals surface area (Å²) in [5, 5.41) is 0. The maximum atomic E-state index is 12.2. The number of nitrogens with zero attached hydrogens (tertiary/aromatic N) is 2. The summed E-state index contributed by atoms with van der Waals surface area (Å²) >= 11 is 0. The van der Waals surface area contributed by atoms with Gasteiger partial charge in [0.15, 0.2) is 0 Å². The first-order valence-corrected chi connectivity index (χ1v) is 6.81. The maximum Gasteiger partial charge on any atom is 0.262 e. The second kappa shape index (κ2) is 4.74. The molecule has 104 valence electrons. The number of carbonyl (C=O) groups is 3. The van der Waals surface area contributed by atoms with Gasteiger partial charge in [-0.15, -0.1) is 0 Å². The van der Waals surface area contributed by atoms with E-state index in [0.29, 0.717) is 30.1 Å². The lowest BCUT2D eigenvalue weighted by Crippen LogP contribution is -2.41. The highest BCUT2D eigenvalue weighted by Gasteiger charge is 2.37. The molecule has 0 aromatic heterocycles. The number of imide groups is 1. The van der Waals surface area contributed by atoms with Gasteiger partial charge in [-0.25, -0.2) is 0 Å². The van der Waals surface area contributed by atoms with Crippen molar-refractivity contribution in [1.29, 1.82) is 0 Å². The van der Waals surface area contributed by atoms with Crippen molar-refractivity contribution >= 4 is 17.7 Å². The fraction of sp³-hybridized carbons (Fsp3) is 0.400. The minimum absolute atomic E-state index is 0.149. The molecule has 0 aliphatic carbocycles. The van der Waals surface area contributed by atoms with Crippen LogP contribution in [0.3, 0.4) is 0 Å². The molecular weight excluding hydrogens is 256 g/mol.